The molecule has 0 spiro atoms. The van der Waals surface area contributed by atoms with Gasteiger partial charge in [0.1, 0.15) is 0 Å². The van der Waals surface area contributed by atoms with Crippen LogP contribution in [0.1, 0.15) is 26.7 Å². The lowest BCUT2D eigenvalue weighted by Gasteiger charge is -2.43. The molecular formula is C9H18N2O2. The van der Waals surface area contributed by atoms with Gasteiger partial charge in [0, 0.05) is 0 Å². The number of nitrogens with one attached hydrogen (secondary N) is 1. The summed E-state index contributed by atoms with van der Waals surface area (Å²) in [7, 11) is 0. The largest absolute Gasteiger partial charge is 0.389 e. The van der Waals surface area contributed by atoms with Crippen LogP contribution in [-0.4, -0.2) is 29.7 Å². The number of carbonyl (C=O) groups is 1. The molecule has 1 heterocycles. The number of primary amides is 1. The fraction of sp³-hybridized carbons (Fsp3) is 0.889. The molecular weight excluding hydrogens is 168 g/mol. The summed E-state index contributed by atoms with van der Waals surface area (Å²) in [5.41, 5.74) is 3.49. The monoisotopic (exact) mass is 186 g/mol. The SMILES string of the molecule is CC(C)(C(N)=O)C1(O)CCNCC1. The first kappa shape index (κ1) is 10.5. The molecule has 1 fully saturated rings. The van der Waals surface area contributed by atoms with Gasteiger partial charge in [-0.15, -0.1) is 0 Å². The Balaban J connectivity index is 2.82. The number of aliphatic hydroxyl groups is 1. The Hall–Kier alpha value is -0.610. The van der Waals surface area contributed by atoms with Crippen molar-refractivity contribution >= 4 is 5.91 Å². The molecule has 1 amide bonds. The Morgan fingerprint density at radius 3 is 2.31 bits per heavy atom. The van der Waals surface area contributed by atoms with Crippen molar-refractivity contribution in [2.75, 3.05) is 13.1 Å². The normalized spacial score (nSPS) is 22.7. The van der Waals surface area contributed by atoms with E-state index in [0.29, 0.717) is 12.8 Å². The molecule has 0 saturated carbocycles. The van der Waals surface area contributed by atoms with E-state index in [-0.39, 0.29) is 0 Å². The molecule has 1 saturated heterocycles. The summed E-state index contributed by atoms with van der Waals surface area (Å²) in [5, 5.41) is 13.4. The summed E-state index contributed by atoms with van der Waals surface area (Å²) in [6.45, 7) is 4.90. The van der Waals surface area contributed by atoms with E-state index in [9.17, 15) is 9.90 Å². The van der Waals surface area contributed by atoms with Gasteiger partial charge in [-0.1, -0.05) is 0 Å². The van der Waals surface area contributed by atoms with Crippen molar-refractivity contribution < 1.29 is 9.90 Å². The van der Waals surface area contributed by atoms with Gasteiger partial charge in [0.25, 0.3) is 0 Å². The van der Waals surface area contributed by atoms with Gasteiger partial charge in [-0.05, 0) is 39.8 Å². The van der Waals surface area contributed by atoms with Gasteiger partial charge in [0.15, 0.2) is 0 Å². The molecule has 0 aromatic heterocycles. The third kappa shape index (κ3) is 1.69. The van der Waals surface area contributed by atoms with Gasteiger partial charge in [0.2, 0.25) is 5.91 Å². The molecule has 0 atom stereocenters. The van der Waals surface area contributed by atoms with Crippen LogP contribution in [0.25, 0.3) is 0 Å². The Labute approximate surface area is 78.5 Å². The van der Waals surface area contributed by atoms with Crippen LogP contribution in [0.5, 0.6) is 0 Å². The van der Waals surface area contributed by atoms with Gasteiger partial charge in [-0.25, -0.2) is 0 Å². The highest BCUT2D eigenvalue weighted by Crippen LogP contribution is 2.37. The summed E-state index contributed by atoms with van der Waals surface area (Å²) < 4.78 is 0. The van der Waals surface area contributed by atoms with Gasteiger partial charge in [-0.2, -0.15) is 0 Å². The third-order valence-corrected chi connectivity index (χ3v) is 3.21. The first-order chi connectivity index (χ1) is 5.90. The molecule has 0 aromatic carbocycles. The second kappa shape index (κ2) is 3.27. The Bertz CT molecular complexity index is 208. The average Bonchev–Trinajstić information content (AvgIpc) is 2.05. The highest BCUT2D eigenvalue weighted by atomic mass is 16.3. The minimum Gasteiger partial charge on any atom is -0.389 e. The van der Waals surface area contributed by atoms with Crippen molar-refractivity contribution in [2.24, 2.45) is 11.1 Å². The van der Waals surface area contributed by atoms with E-state index < -0.39 is 16.9 Å². The van der Waals surface area contributed by atoms with Crippen LogP contribution in [0.4, 0.5) is 0 Å². The standard InChI is InChI=1S/C9H18N2O2/c1-8(2,7(10)12)9(13)3-5-11-6-4-9/h11,13H,3-6H2,1-2H3,(H2,10,12). The predicted molar refractivity (Wildman–Crippen MR) is 50.0 cm³/mol. The van der Waals surface area contributed by atoms with E-state index in [1.165, 1.54) is 0 Å². The first-order valence-electron chi connectivity index (χ1n) is 4.63. The van der Waals surface area contributed by atoms with Crippen LogP contribution in [0.3, 0.4) is 0 Å². The van der Waals surface area contributed by atoms with E-state index in [4.69, 9.17) is 5.73 Å². The molecule has 0 aliphatic carbocycles. The van der Waals surface area contributed by atoms with Crippen LogP contribution >= 0.6 is 0 Å². The molecule has 0 aromatic rings. The maximum atomic E-state index is 11.2. The quantitative estimate of drug-likeness (QED) is 0.550. The summed E-state index contributed by atoms with van der Waals surface area (Å²) >= 11 is 0. The topological polar surface area (TPSA) is 75.4 Å². The van der Waals surface area contributed by atoms with E-state index in [1.54, 1.807) is 13.8 Å². The molecule has 0 radical (unpaired) electrons. The zero-order chi connectivity index (χ0) is 10.1. The molecule has 0 unspecified atom stereocenters. The molecule has 4 nitrogen and oxygen atoms in total. The number of carbonyl (C=O) groups excluding carboxylic acids is 1. The average molecular weight is 186 g/mol. The zero-order valence-electron chi connectivity index (χ0n) is 8.26. The molecule has 1 aliphatic heterocycles. The molecule has 76 valence electrons. The first-order valence-corrected chi connectivity index (χ1v) is 4.63. The van der Waals surface area contributed by atoms with Crippen LogP contribution in [0.2, 0.25) is 0 Å². The zero-order valence-corrected chi connectivity index (χ0v) is 8.26. The molecule has 1 aliphatic rings. The van der Waals surface area contributed by atoms with E-state index in [1.807, 2.05) is 0 Å². The minimum absolute atomic E-state index is 0.433. The van der Waals surface area contributed by atoms with Crippen molar-refractivity contribution in [2.45, 2.75) is 32.3 Å². The fourth-order valence-corrected chi connectivity index (χ4v) is 1.69. The molecule has 1 rings (SSSR count). The predicted octanol–water partition coefficient (Wildman–Crippen LogP) is -0.388. The number of nitrogens with two attached hydrogens (primary N) is 1. The smallest absolute Gasteiger partial charge is 0.225 e. The van der Waals surface area contributed by atoms with Gasteiger partial charge >= 0.3 is 0 Å². The fourth-order valence-electron chi connectivity index (χ4n) is 1.69. The second-order valence-corrected chi connectivity index (χ2v) is 4.27. The van der Waals surface area contributed by atoms with Crippen molar-refractivity contribution in [3.05, 3.63) is 0 Å². The number of hydrogen-bond donors (Lipinski definition) is 3. The van der Waals surface area contributed by atoms with Crippen LogP contribution < -0.4 is 11.1 Å². The van der Waals surface area contributed by atoms with Crippen LogP contribution in [0.15, 0.2) is 0 Å². The van der Waals surface area contributed by atoms with Gasteiger partial charge < -0.3 is 16.2 Å². The van der Waals surface area contributed by atoms with Crippen molar-refractivity contribution in [3.8, 4) is 0 Å². The summed E-state index contributed by atoms with van der Waals surface area (Å²) in [6.07, 6.45) is 1.17. The molecule has 13 heavy (non-hydrogen) atoms. The van der Waals surface area contributed by atoms with Crippen LogP contribution in [0, 0.1) is 5.41 Å². The Kier molecular flexibility index (Phi) is 2.63. The maximum Gasteiger partial charge on any atom is 0.225 e. The van der Waals surface area contributed by atoms with E-state index in [0.717, 1.165) is 13.1 Å². The third-order valence-electron chi connectivity index (χ3n) is 3.21. The van der Waals surface area contributed by atoms with Crippen LogP contribution in [-0.2, 0) is 4.79 Å². The number of rotatable bonds is 2. The Morgan fingerprint density at radius 2 is 1.92 bits per heavy atom. The highest BCUT2D eigenvalue weighted by molar-refractivity contribution is 5.81. The lowest BCUT2D eigenvalue weighted by Crippen LogP contribution is -2.56. The second-order valence-electron chi connectivity index (χ2n) is 4.27. The summed E-state index contributed by atoms with van der Waals surface area (Å²) in [5.74, 6) is -0.433. The number of piperidine rings is 1. The van der Waals surface area contributed by atoms with Crippen molar-refractivity contribution in [1.82, 2.24) is 5.32 Å². The molecule has 4 heteroatoms. The minimum atomic E-state index is -0.940. The summed E-state index contributed by atoms with van der Waals surface area (Å²) in [6, 6.07) is 0. The van der Waals surface area contributed by atoms with Gasteiger partial charge in [0.05, 0.1) is 11.0 Å². The van der Waals surface area contributed by atoms with E-state index in [2.05, 4.69) is 5.32 Å². The summed E-state index contributed by atoms with van der Waals surface area (Å²) in [4.78, 5) is 11.2. The lowest BCUT2D eigenvalue weighted by atomic mass is 9.69. The van der Waals surface area contributed by atoms with Gasteiger partial charge in [-0.3, -0.25) is 4.79 Å². The number of hydrogen-bond acceptors (Lipinski definition) is 3. The Morgan fingerprint density at radius 1 is 1.46 bits per heavy atom. The maximum absolute atomic E-state index is 11.2. The lowest BCUT2D eigenvalue weighted by molar-refractivity contribution is -0.147. The molecule has 0 bridgehead atoms. The van der Waals surface area contributed by atoms with E-state index >= 15 is 0 Å². The van der Waals surface area contributed by atoms with Crippen molar-refractivity contribution in [3.63, 3.8) is 0 Å². The van der Waals surface area contributed by atoms with Crippen molar-refractivity contribution in [1.29, 1.82) is 0 Å². The molecule has 4 N–H and O–H groups in total. The number of amides is 1. The highest BCUT2D eigenvalue weighted by Gasteiger charge is 2.47.